The van der Waals surface area contributed by atoms with Gasteiger partial charge in [-0.3, -0.25) is 0 Å². The molecule has 144 valence electrons. The normalized spacial score (nSPS) is 23.6. The van der Waals surface area contributed by atoms with E-state index in [0.717, 1.165) is 37.8 Å². The molecule has 5 heteroatoms. The van der Waals surface area contributed by atoms with Crippen LogP contribution >= 0.6 is 0 Å². The predicted octanol–water partition coefficient (Wildman–Crippen LogP) is 4.43. The highest BCUT2D eigenvalue weighted by molar-refractivity contribution is 5.90. The third kappa shape index (κ3) is 4.97. The lowest BCUT2D eigenvalue weighted by molar-refractivity contribution is 0.00645. The Bertz CT molecular complexity index is 656. The topological polar surface area (TPSA) is 47.6 Å². The van der Waals surface area contributed by atoms with Crippen molar-refractivity contribution in [2.45, 2.75) is 70.9 Å². The molecule has 1 N–H and O–H groups in total. The van der Waals surface area contributed by atoms with E-state index in [-0.39, 0.29) is 5.56 Å². The van der Waals surface area contributed by atoms with Crippen LogP contribution in [0.1, 0.15) is 75.2 Å². The Hall–Kier alpha value is -1.62. The van der Waals surface area contributed by atoms with Crippen LogP contribution in [0.3, 0.4) is 0 Å². The van der Waals surface area contributed by atoms with E-state index in [0.29, 0.717) is 30.2 Å². The number of hydrogen-bond acceptors (Lipinski definition) is 4. The van der Waals surface area contributed by atoms with Crippen LogP contribution in [0.15, 0.2) is 12.1 Å². The molecule has 2 atom stereocenters. The van der Waals surface area contributed by atoms with Gasteiger partial charge in [0.05, 0.1) is 12.2 Å². The SMILES string of the molecule is C[C@@H]1CC[C@@H](COc2cc(F)c(C(=O)OC(C)(C)C)cc2C2CC2)CN1. The summed E-state index contributed by atoms with van der Waals surface area (Å²) in [6.45, 7) is 9.03. The van der Waals surface area contributed by atoms with Crippen molar-refractivity contribution in [1.82, 2.24) is 5.32 Å². The highest BCUT2D eigenvalue weighted by Gasteiger charge is 2.31. The average molecular weight is 363 g/mol. The molecule has 1 aliphatic carbocycles. The van der Waals surface area contributed by atoms with E-state index in [4.69, 9.17) is 9.47 Å². The van der Waals surface area contributed by atoms with Crippen LogP contribution in [0.5, 0.6) is 5.75 Å². The van der Waals surface area contributed by atoms with Gasteiger partial charge in [-0.05, 0) is 70.9 Å². The minimum absolute atomic E-state index is 0.00216. The van der Waals surface area contributed by atoms with Gasteiger partial charge < -0.3 is 14.8 Å². The monoisotopic (exact) mass is 363 g/mol. The maximum atomic E-state index is 14.6. The van der Waals surface area contributed by atoms with E-state index in [1.54, 1.807) is 26.8 Å². The zero-order chi connectivity index (χ0) is 18.9. The van der Waals surface area contributed by atoms with E-state index < -0.39 is 17.4 Å². The highest BCUT2D eigenvalue weighted by Crippen LogP contribution is 2.45. The molecule has 26 heavy (non-hydrogen) atoms. The van der Waals surface area contributed by atoms with Crippen molar-refractivity contribution in [2.75, 3.05) is 13.2 Å². The molecule has 1 saturated carbocycles. The lowest BCUT2D eigenvalue weighted by Gasteiger charge is -2.28. The van der Waals surface area contributed by atoms with Crippen LogP contribution in [0.4, 0.5) is 4.39 Å². The second kappa shape index (κ2) is 7.55. The Morgan fingerprint density at radius 2 is 1.96 bits per heavy atom. The maximum absolute atomic E-state index is 14.6. The highest BCUT2D eigenvalue weighted by atomic mass is 19.1. The van der Waals surface area contributed by atoms with Gasteiger partial charge in [-0.15, -0.1) is 0 Å². The molecule has 2 fully saturated rings. The van der Waals surface area contributed by atoms with Gasteiger partial charge >= 0.3 is 5.97 Å². The van der Waals surface area contributed by atoms with Crippen molar-refractivity contribution in [1.29, 1.82) is 0 Å². The lowest BCUT2D eigenvalue weighted by Crippen LogP contribution is -2.39. The molecule has 0 radical (unpaired) electrons. The van der Waals surface area contributed by atoms with Crippen molar-refractivity contribution in [2.24, 2.45) is 5.92 Å². The number of esters is 1. The summed E-state index contributed by atoms with van der Waals surface area (Å²) in [5.41, 5.74) is 0.288. The van der Waals surface area contributed by atoms with Crippen molar-refractivity contribution in [3.05, 3.63) is 29.1 Å². The molecule has 1 aromatic carbocycles. The van der Waals surface area contributed by atoms with Crippen LogP contribution < -0.4 is 10.1 Å². The van der Waals surface area contributed by atoms with Crippen molar-refractivity contribution >= 4 is 5.97 Å². The largest absolute Gasteiger partial charge is 0.493 e. The summed E-state index contributed by atoms with van der Waals surface area (Å²) < 4.78 is 25.9. The first kappa shape index (κ1) is 19.2. The van der Waals surface area contributed by atoms with Gasteiger partial charge in [0.25, 0.3) is 0 Å². The number of rotatable bonds is 5. The van der Waals surface area contributed by atoms with Gasteiger partial charge in [-0.2, -0.15) is 0 Å². The lowest BCUT2D eigenvalue weighted by atomic mass is 9.96. The fraction of sp³-hybridized carbons (Fsp3) is 0.667. The van der Waals surface area contributed by atoms with Gasteiger partial charge in [-0.25, -0.2) is 9.18 Å². The van der Waals surface area contributed by atoms with Crippen LogP contribution in [0.25, 0.3) is 0 Å². The third-order valence-corrected chi connectivity index (χ3v) is 4.97. The van der Waals surface area contributed by atoms with Crippen LogP contribution in [-0.4, -0.2) is 30.8 Å². The number of benzene rings is 1. The molecule has 1 aromatic rings. The van der Waals surface area contributed by atoms with Gasteiger partial charge in [0.2, 0.25) is 0 Å². The molecule has 1 aliphatic heterocycles. The Morgan fingerprint density at radius 1 is 1.23 bits per heavy atom. The molecule has 1 saturated heterocycles. The number of halogens is 1. The van der Waals surface area contributed by atoms with Crippen molar-refractivity contribution < 1.29 is 18.7 Å². The number of piperidine rings is 1. The van der Waals surface area contributed by atoms with Crippen molar-refractivity contribution in [3.63, 3.8) is 0 Å². The summed E-state index contributed by atoms with van der Waals surface area (Å²) in [7, 11) is 0. The maximum Gasteiger partial charge on any atom is 0.341 e. The van der Waals surface area contributed by atoms with Crippen LogP contribution in [0.2, 0.25) is 0 Å². The van der Waals surface area contributed by atoms with Crippen LogP contribution in [-0.2, 0) is 4.74 Å². The number of ether oxygens (including phenoxy) is 2. The zero-order valence-corrected chi connectivity index (χ0v) is 16.2. The summed E-state index contributed by atoms with van der Waals surface area (Å²) in [6, 6.07) is 3.56. The summed E-state index contributed by atoms with van der Waals surface area (Å²) in [5.74, 6) is 0.182. The summed E-state index contributed by atoms with van der Waals surface area (Å²) in [6.07, 6.45) is 4.36. The van der Waals surface area contributed by atoms with E-state index in [9.17, 15) is 9.18 Å². The number of nitrogens with one attached hydrogen (secondary N) is 1. The molecule has 2 aliphatic rings. The Morgan fingerprint density at radius 3 is 2.54 bits per heavy atom. The minimum atomic E-state index is -0.649. The molecular formula is C21H30FNO3. The van der Waals surface area contributed by atoms with Gasteiger partial charge in [0.1, 0.15) is 17.2 Å². The van der Waals surface area contributed by atoms with E-state index in [2.05, 4.69) is 12.2 Å². The predicted molar refractivity (Wildman–Crippen MR) is 99.2 cm³/mol. The summed E-state index contributed by atoms with van der Waals surface area (Å²) >= 11 is 0. The quantitative estimate of drug-likeness (QED) is 0.787. The summed E-state index contributed by atoms with van der Waals surface area (Å²) in [4.78, 5) is 12.3. The molecule has 1 heterocycles. The number of carbonyl (C=O) groups excluding carboxylic acids is 1. The van der Waals surface area contributed by atoms with Gasteiger partial charge in [0.15, 0.2) is 0 Å². The molecule has 3 rings (SSSR count). The van der Waals surface area contributed by atoms with E-state index >= 15 is 0 Å². The summed E-state index contributed by atoms with van der Waals surface area (Å²) in [5, 5.41) is 3.46. The zero-order valence-electron chi connectivity index (χ0n) is 16.2. The molecule has 0 spiro atoms. The standard InChI is InChI=1S/C21H30FNO3/c1-13-5-6-14(11-23-13)12-25-19-10-18(22)17(9-16(19)15-7-8-15)20(24)26-21(2,3)4/h9-10,13-15,23H,5-8,11-12H2,1-4H3/t13-,14-/m1/s1. The second-order valence-electron chi connectivity index (χ2n) is 8.71. The first-order valence-electron chi connectivity index (χ1n) is 9.66. The molecule has 0 amide bonds. The Balaban J connectivity index is 1.74. The van der Waals surface area contributed by atoms with Gasteiger partial charge in [-0.1, -0.05) is 0 Å². The fourth-order valence-electron chi connectivity index (χ4n) is 3.31. The molecule has 0 unspecified atom stereocenters. The Labute approximate surface area is 155 Å². The molecule has 0 aromatic heterocycles. The second-order valence-corrected chi connectivity index (χ2v) is 8.71. The minimum Gasteiger partial charge on any atom is -0.493 e. The van der Waals surface area contributed by atoms with Gasteiger partial charge in [0, 0.05) is 24.6 Å². The molecule has 0 bridgehead atoms. The number of carbonyl (C=O) groups is 1. The molecule has 4 nitrogen and oxygen atoms in total. The van der Waals surface area contributed by atoms with E-state index in [1.165, 1.54) is 6.07 Å². The van der Waals surface area contributed by atoms with E-state index in [1.807, 2.05) is 0 Å². The number of hydrogen-bond donors (Lipinski definition) is 1. The third-order valence-electron chi connectivity index (χ3n) is 4.97. The smallest absolute Gasteiger partial charge is 0.341 e. The first-order chi connectivity index (χ1) is 12.2. The van der Waals surface area contributed by atoms with Crippen molar-refractivity contribution in [3.8, 4) is 5.75 Å². The Kier molecular flexibility index (Phi) is 5.56. The average Bonchev–Trinajstić information content (AvgIpc) is 3.37. The molecular weight excluding hydrogens is 333 g/mol. The first-order valence-corrected chi connectivity index (χ1v) is 9.66. The fourth-order valence-corrected chi connectivity index (χ4v) is 3.31. The van der Waals surface area contributed by atoms with Crippen LogP contribution in [0, 0.1) is 11.7 Å².